The highest BCUT2D eigenvalue weighted by atomic mass is 19.1. The molecular formula is C20H25FN2O2. The number of primary amides is 1. The molecule has 5 heteroatoms. The van der Waals surface area contributed by atoms with Gasteiger partial charge in [0, 0.05) is 17.7 Å². The summed E-state index contributed by atoms with van der Waals surface area (Å²) in [5.74, 6) is 0.235. The molecule has 0 unspecified atom stereocenters. The zero-order valence-corrected chi connectivity index (χ0v) is 14.7. The molecule has 0 fully saturated rings. The topological polar surface area (TPSA) is 64.3 Å². The fourth-order valence-corrected chi connectivity index (χ4v) is 2.41. The molecule has 3 N–H and O–H groups in total. The highest BCUT2D eigenvalue weighted by molar-refractivity contribution is 5.93. The molecule has 0 atom stereocenters. The molecule has 25 heavy (non-hydrogen) atoms. The van der Waals surface area contributed by atoms with Gasteiger partial charge >= 0.3 is 0 Å². The maximum absolute atomic E-state index is 14.2. The lowest BCUT2D eigenvalue weighted by molar-refractivity contribution is 0.1000. The van der Waals surface area contributed by atoms with Crippen molar-refractivity contribution in [2.75, 3.05) is 19.7 Å². The van der Waals surface area contributed by atoms with E-state index in [9.17, 15) is 9.18 Å². The van der Waals surface area contributed by atoms with Crippen LogP contribution in [0.5, 0.6) is 5.75 Å². The minimum atomic E-state index is -0.646. The van der Waals surface area contributed by atoms with Gasteiger partial charge in [0.1, 0.15) is 18.2 Å². The molecule has 0 spiro atoms. The van der Waals surface area contributed by atoms with Crippen molar-refractivity contribution in [1.82, 2.24) is 5.32 Å². The van der Waals surface area contributed by atoms with Crippen molar-refractivity contribution >= 4 is 5.91 Å². The summed E-state index contributed by atoms with van der Waals surface area (Å²) < 4.78 is 19.9. The van der Waals surface area contributed by atoms with Gasteiger partial charge in [0.05, 0.1) is 0 Å². The average Bonchev–Trinajstić information content (AvgIpc) is 2.57. The number of rotatable bonds is 9. The molecule has 0 aliphatic heterocycles. The fraction of sp³-hybridized carbons (Fsp3) is 0.350. The van der Waals surface area contributed by atoms with Crippen LogP contribution in [-0.2, 0) is 0 Å². The highest BCUT2D eigenvalue weighted by Gasteiger charge is 2.09. The van der Waals surface area contributed by atoms with Crippen LogP contribution in [-0.4, -0.2) is 25.6 Å². The Kier molecular flexibility index (Phi) is 6.95. The van der Waals surface area contributed by atoms with E-state index in [-0.39, 0.29) is 5.56 Å². The minimum absolute atomic E-state index is 0.154. The quantitative estimate of drug-likeness (QED) is 0.683. The van der Waals surface area contributed by atoms with Gasteiger partial charge in [-0.05, 0) is 48.7 Å². The number of nitrogens with two attached hydrogens (primary N) is 1. The molecule has 2 aromatic carbocycles. The molecular weight excluding hydrogens is 319 g/mol. The van der Waals surface area contributed by atoms with Crippen LogP contribution < -0.4 is 15.8 Å². The van der Waals surface area contributed by atoms with Crippen LogP contribution in [0.3, 0.4) is 0 Å². The molecule has 0 radical (unpaired) electrons. The Hall–Kier alpha value is -2.40. The van der Waals surface area contributed by atoms with Gasteiger partial charge in [0.15, 0.2) is 0 Å². The van der Waals surface area contributed by atoms with Crippen LogP contribution in [0.1, 0.15) is 30.6 Å². The predicted octanol–water partition coefficient (Wildman–Crippen LogP) is 3.61. The van der Waals surface area contributed by atoms with E-state index in [2.05, 4.69) is 19.2 Å². The number of amides is 1. The van der Waals surface area contributed by atoms with Gasteiger partial charge in [-0.25, -0.2) is 4.39 Å². The smallest absolute Gasteiger partial charge is 0.248 e. The fourth-order valence-electron chi connectivity index (χ4n) is 2.41. The Balaban J connectivity index is 1.96. The number of benzene rings is 2. The van der Waals surface area contributed by atoms with Crippen molar-refractivity contribution in [2.45, 2.75) is 20.3 Å². The van der Waals surface area contributed by atoms with Gasteiger partial charge in [-0.3, -0.25) is 4.79 Å². The number of hydrogen-bond acceptors (Lipinski definition) is 3. The summed E-state index contributed by atoms with van der Waals surface area (Å²) >= 11 is 0. The second-order valence-corrected chi connectivity index (χ2v) is 6.37. The number of hydrogen-bond donors (Lipinski definition) is 2. The SMILES string of the molecule is CC(C)CCNCCOc1cccc(-c2ccc(C(N)=O)cc2F)c1. The van der Waals surface area contributed by atoms with Gasteiger partial charge in [-0.15, -0.1) is 0 Å². The van der Waals surface area contributed by atoms with Crippen LogP contribution >= 0.6 is 0 Å². The van der Waals surface area contributed by atoms with Gasteiger partial charge in [-0.2, -0.15) is 0 Å². The lowest BCUT2D eigenvalue weighted by Gasteiger charge is -2.10. The minimum Gasteiger partial charge on any atom is -0.492 e. The maximum Gasteiger partial charge on any atom is 0.248 e. The first-order valence-electron chi connectivity index (χ1n) is 8.50. The van der Waals surface area contributed by atoms with Crippen molar-refractivity contribution in [2.24, 2.45) is 11.7 Å². The standard InChI is InChI=1S/C20H25FN2O2/c1-14(2)8-9-23-10-11-25-17-5-3-4-15(12-17)18-7-6-16(20(22)24)13-19(18)21/h3-7,12-14,23H,8-11H2,1-2H3,(H2,22,24). The molecule has 0 aliphatic carbocycles. The number of carbonyl (C=O) groups is 1. The lowest BCUT2D eigenvalue weighted by Crippen LogP contribution is -2.23. The summed E-state index contributed by atoms with van der Waals surface area (Å²) in [6, 6.07) is 11.5. The molecule has 4 nitrogen and oxygen atoms in total. The molecule has 2 aromatic rings. The molecule has 0 aliphatic rings. The van der Waals surface area contributed by atoms with Crippen LogP contribution in [0.25, 0.3) is 11.1 Å². The summed E-state index contributed by atoms with van der Waals surface area (Å²) in [5, 5.41) is 3.33. The third kappa shape index (κ3) is 5.87. The van der Waals surface area contributed by atoms with E-state index in [4.69, 9.17) is 10.5 Å². The second-order valence-electron chi connectivity index (χ2n) is 6.37. The molecule has 134 valence electrons. The Bertz CT molecular complexity index is 717. The summed E-state index contributed by atoms with van der Waals surface area (Å²) in [5.41, 5.74) is 6.42. The zero-order valence-electron chi connectivity index (χ0n) is 14.7. The first-order chi connectivity index (χ1) is 12.0. The van der Waals surface area contributed by atoms with E-state index in [1.165, 1.54) is 6.07 Å². The van der Waals surface area contributed by atoms with Crippen LogP contribution in [0.2, 0.25) is 0 Å². The van der Waals surface area contributed by atoms with Crippen LogP contribution in [0.4, 0.5) is 4.39 Å². The summed E-state index contributed by atoms with van der Waals surface area (Å²) in [4.78, 5) is 11.1. The van der Waals surface area contributed by atoms with Crippen molar-refractivity contribution in [3.8, 4) is 16.9 Å². The number of nitrogens with one attached hydrogen (secondary N) is 1. The van der Waals surface area contributed by atoms with E-state index < -0.39 is 11.7 Å². The maximum atomic E-state index is 14.2. The van der Waals surface area contributed by atoms with E-state index in [0.29, 0.717) is 29.4 Å². The second kappa shape index (κ2) is 9.18. The van der Waals surface area contributed by atoms with Gasteiger partial charge in [0.2, 0.25) is 5.91 Å². The number of ether oxygens (including phenoxy) is 1. The van der Waals surface area contributed by atoms with Crippen molar-refractivity contribution < 1.29 is 13.9 Å². The third-order valence-electron chi connectivity index (χ3n) is 3.84. The van der Waals surface area contributed by atoms with E-state index >= 15 is 0 Å². The number of halogens is 1. The van der Waals surface area contributed by atoms with Crippen LogP contribution in [0, 0.1) is 11.7 Å². The Labute approximate surface area is 148 Å². The Morgan fingerprint density at radius 1 is 1.20 bits per heavy atom. The zero-order chi connectivity index (χ0) is 18.2. The highest BCUT2D eigenvalue weighted by Crippen LogP contribution is 2.27. The third-order valence-corrected chi connectivity index (χ3v) is 3.84. The molecule has 1 amide bonds. The monoisotopic (exact) mass is 344 g/mol. The first-order valence-corrected chi connectivity index (χ1v) is 8.50. The number of carbonyl (C=O) groups excluding carboxylic acids is 1. The molecule has 0 bridgehead atoms. The molecule has 2 rings (SSSR count). The van der Waals surface area contributed by atoms with Crippen molar-refractivity contribution in [3.63, 3.8) is 0 Å². The van der Waals surface area contributed by atoms with Crippen molar-refractivity contribution in [3.05, 3.63) is 53.8 Å². The molecule has 0 heterocycles. The summed E-state index contributed by atoms with van der Waals surface area (Å²) in [7, 11) is 0. The van der Waals surface area contributed by atoms with Crippen molar-refractivity contribution in [1.29, 1.82) is 0 Å². The van der Waals surface area contributed by atoms with Crippen LogP contribution in [0.15, 0.2) is 42.5 Å². The van der Waals surface area contributed by atoms with E-state index in [1.807, 2.05) is 12.1 Å². The molecule has 0 saturated carbocycles. The van der Waals surface area contributed by atoms with E-state index in [1.54, 1.807) is 18.2 Å². The largest absolute Gasteiger partial charge is 0.492 e. The normalized spacial score (nSPS) is 10.9. The van der Waals surface area contributed by atoms with Gasteiger partial charge in [-0.1, -0.05) is 32.0 Å². The average molecular weight is 344 g/mol. The Morgan fingerprint density at radius 2 is 2.00 bits per heavy atom. The van der Waals surface area contributed by atoms with E-state index in [0.717, 1.165) is 25.6 Å². The Morgan fingerprint density at radius 3 is 2.68 bits per heavy atom. The summed E-state index contributed by atoms with van der Waals surface area (Å²) in [6.07, 6.45) is 1.13. The van der Waals surface area contributed by atoms with Gasteiger partial charge < -0.3 is 15.8 Å². The summed E-state index contributed by atoms with van der Waals surface area (Å²) in [6.45, 7) is 6.67. The molecule has 0 aromatic heterocycles. The molecule has 0 saturated heterocycles. The first kappa shape index (κ1) is 18.9. The lowest BCUT2D eigenvalue weighted by atomic mass is 10.0. The predicted molar refractivity (Wildman–Crippen MR) is 98.2 cm³/mol. The van der Waals surface area contributed by atoms with Gasteiger partial charge in [0.25, 0.3) is 0 Å².